The van der Waals surface area contributed by atoms with Crippen molar-refractivity contribution in [2.24, 2.45) is 5.92 Å². The van der Waals surface area contributed by atoms with Crippen LogP contribution in [0.4, 0.5) is 11.6 Å². The molecule has 1 aliphatic rings. The van der Waals surface area contributed by atoms with Crippen LogP contribution < -0.4 is 5.32 Å². The molecule has 0 unspecified atom stereocenters. The van der Waals surface area contributed by atoms with E-state index in [2.05, 4.69) is 15.3 Å². The summed E-state index contributed by atoms with van der Waals surface area (Å²) in [4.78, 5) is 8.83. The SMILES string of the molecule is O=S(=O)(c1ccc(Nc2ncc(/C=C/c3cccc(O)c3)cn2)cc1)N1CCC(CO)CC1. The molecule has 0 bridgehead atoms. The van der Waals surface area contributed by atoms with E-state index in [1.54, 1.807) is 54.9 Å². The van der Waals surface area contributed by atoms with Crippen LogP contribution in [0, 0.1) is 5.92 Å². The van der Waals surface area contributed by atoms with E-state index >= 15 is 0 Å². The van der Waals surface area contributed by atoms with Crippen molar-refractivity contribution in [1.29, 1.82) is 0 Å². The van der Waals surface area contributed by atoms with Crippen molar-refractivity contribution in [1.82, 2.24) is 14.3 Å². The largest absolute Gasteiger partial charge is 0.508 e. The third-order valence-electron chi connectivity index (χ3n) is 5.59. The average molecular weight is 467 g/mol. The molecule has 33 heavy (non-hydrogen) atoms. The topological polar surface area (TPSA) is 116 Å². The lowest BCUT2D eigenvalue weighted by molar-refractivity contribution is 0.170. The number of sulfonamides is 1. The Morgan fingerprint density at radius 3 is 2.30 bits per heavy atom. The number of aliphatic hydroxyl groups excluding tert-OH is 1. The molecule has 2 heterocycles. The number of phenols is 1. The van der Waals surface area contributed by atoms with Crippen LogP contribution in [0.25, 0.3) is 12.2 Å². The number of phenolic OH excluding ortho intramolecular Hbond substituents is 1. The maximum atomic E-state index is 12.9. The van der Waals surface area contributed by atoms with Crippen molar-refractivity contribution in [3.8, 4) is 5.75 Å². The molecule has 172 valence electrons. The van der Waals surface area contributed by atoms with Crippen molar-refractivity contribution in [2.45, 2.75) is 17.7 Å². The molecule has 1 saturated heterocycles. The number of hydrogen-bond donors (Lipinski definition) is 3. The molecule has 3 N–H and O–H groups in total. The predicted octanol–water partition coefficient (Wildman–Crippen LogP) is 3.49. The third-order valence-corrected chi connectivity index (χ3v) is 7.50. The van der Waals surface area contributed by atoms with Gasteiger partial charge in [0.15, 0.2) is 0 Å². The van der Waals surface area contributed by atoms with Crippen LogP contribution in [0.1, 0.15) is 24.0 Å². The molecule has 0 spiro atoms. The van der Waals surface area contributed by atoms with Gasteiger partial charge in [-0.1, -0.05) is 24.3 Å². The van der Waals surface area contributed by atoms with Gasteiger partial charge in [-0.2, -0.15) is 4.31 Å². The second-order valence-corrected chi connectivity index (χ2v) is 9.89. The van der Waals surface area contributed by atoms with Crippen LogP contribution in [0.2, 0.25) is 0 Å². The summed E-state index contributed by atoms with van der Waals surface area (Å²) in [6.45, 7) is 0.951. The van der Waals surface area contributed by atoms with Crippen LogP contribution in [0.3, 0.4) is 0 Å². The number of aromatic nitrogens is 2. The van der Waals surface area contributed by atoms with E-state index < -0.39 is 10.0 Å². The Labute approximate surface area is 193 Å². The Bertz CT molecular complexity index is 1200. The fourth-order valence-electron chi connectivity index (χ4n) is 3.63. The molecule has 0 atom stereocenters. The Balaban J connectivity index is 1.38. The normalized spacial score (nSPS) is 15.7. The van der Waals surface area contributed by atoms with Gasteiger partial charge in [0.25, 0.3) is 0 Å². The number of aliphatic hydroxyl groups is 1. The summed E-state index contributed by atoms with van der Waals surface area (Å²) in [7, 11) is -3.55. The first-order valence-corrected chi connectivity index (χ1v) is 12.2. The highest BCUT2D eigenvalue weighted by Gasteiger charge is 2.29. The fourth-order valence-corrected chi connectivity index (χ4v) is 5.10. The Kier molecular flexibility index (Phi) is 7.02. The molecule has 1 fully saturated rings. The maximum Gasteiger partial charge on any atom is 0.243 e. The highest BCUT2D eigenvalue weighted by Crippen LogP contribution is 2.25. The summed E-state index contributed by atoms with van der Waals surface area (Å²) in [5.41, 5.74) is 2.34. The minimum absolute atomic E-state index is 0.102. The number of benzene rings is 2. The van der Waals surface area contributed by atoms with Gasteiger partial charge in [-0.15, -0.1) is 0 Å². The van der Waals surface area contributed by atoms with Crippen molar-refractivity contribution >= 4 is 33.8 Å². The number of nitrogens with one attached hydrogen (secondary N) is 1. The molecular formula is C24H26N4O4S. The summed E-state index contributed by atoms with van der Waals surface area (Å²) >= 11 is 0. The highest BCUT2D eigenvalue weighted by atomic mass is 32.2. The molecule has 0 radical (unpaired) electrons. The van der Waals surface area contributed by atoms with E-state index in [0.717, 1.165) is 11.1 Å². The zero-order valence-electron chi connectivity index (χ0n) is 18.0. The van der Waals surface area contributed by atoms with Crippen molar-refractivity contribution < 1.29 is 18.6 Å². The van der Waals surface area contributed by atoms with E-state index in [0.29, 0.717) is 37.6 Å². The number of aromatic hydroxyl groups is 1. The number of anilines is 2. The van der Waals surface area contributed by atoms with Gasteiger partial charge in [-0.25, -0.2) is 18.4 Å². The van der Waals surface area contributed by atoms with Gasteiger partial charge in [-0.05, 0) is 60.7 Å². The van der Waals surface area contributed by atoms with Gasteiger partial charge in [0, 0.05) is 43.3 Å². The smallest absolute Gasteiger partial charge is 0.243 e. The lowest BCUT2D eigenvalue weighted by Gasteiger charge is -2.30. The maximum absolute atomic E-state index is 12.9. The molecule has 9 heteroatoms. The summed E-state index contributed by atoms with van der Waals surface area (Å²) in [6, 6.07) is 13.4. The fraction of sp³-hybridized carbons (Fsp3) is 0.250. The second-order valence-electron chi connectivity index (χ2n) is 7.95. The van der Waals surface area contributed by atoms with Gasteiger partial charge in [-0.3, -0.25) is 0 Å². The molecule has 0 amide bonds. The number of rotatable bonds is 7. The lowest BCUT2D eigenvalue weighted by atomic mass is 10.00. The quantitative estimate of drug-likeness (QED) is 0.488. The molecule has 0 saturated carbocycles. The molecule has 4 rings (SSSR count). The first-order chi connectivity index (χ1) is 15.9. The molecule has 8 nitrogen and oxygen atoms in total. The van der Waals surface area contributed by atoms with Gasteiger partial charge in [0.05, 0.1) is 4.90 Å². The van der Waals surface area contributed by atoms with E-state index in [1.807, 2.05) is 18.2 Å². The second kappa shape index (κ2) is 10.1. The number of piperidine rings is 1. The van der Waals surface area contributed by atoms with E-state index in [9.17, 15) is 18.6 Å². The molecule has 1 aliphatic heterocycles. The molecule has 3 aromatic rings. The predicted molar refractivity (Wildman–Crippen MR) is 127 cm³/mol. The molecular weight excluding hydrogens is 440 g/mol. The zero-order chi connectivity index (χ0) is 23.3. The van der Waals surface area contributed by atoms with Crippen LogP contribution in [-0.2, 0) is 10.0 Å². The standard InChI is InChI=1S/C24H26N4O4S/c29-17-19-10-12-28(13-11-19)33(31,32)23-8-6-21(7-9-23)27-24-25-15-20(16-26-24)5-4-18-2-1-3-22(30)14-18/h1-9,14-16,19,29-30H,10-13,17H2,(H,25,26,27)/b5-4+. The minimum Gasteiger partial charge on any atom is -0.508 e. The highest BCUT2D eigenvalue weighted by molar-refractivity contribution is 7.89. The van der Waals surface area contributed by atoms with Crippen LogP contribution in [0.15, 0.2) is 65.8 Å². The van der Waals surface area contributed by atoms with Gasteiger partial charge in [0.2, 0.25) is 16.0 Å². The summed E-state index contributed by atoms with van der Waals surface area (Å²) in [6.07, 6.45) is 8.39. The Hall–Kier alpha value is -3.27. The summed E-state index contributed by atoms with van der Waals surface area (Å²) < 4.78 is 27.2. The van der Waals surface area contributed by atoms with E-state index in [-0.39, 0.29) is 23.2 Å². The molecule has 1 aromatic heterocycles. The van der Waals surface area contributed by atoms with Crippen LogP contribution in [-0.4, -0.2) is 52.6 Å². The Morgan fingerprint density at radius 2 is 1.67 bits per heavy atom. The first-order valence-electron chi connectivity index (χ1n) is 10.7. The molecule has 0 aliphatic carbocycles. The number of nitrogens with zero attached hydrogens (tertiary/aromatic N) is 3. The van der Waals surface area contributed by atoms with E-state index in [1.165, 1.54) is 4.31 Å². The monoisotopic (exact) mass is 466 g/mol. The Morgan fingerprint density at radius 1 is 1.00 bits per heavy atom. The third kappa shape index (κ3) is 5.75. The lowest BCUT2D eigenvalue weighted by Crippen LogP contribution is -2.39. The van der Waals surface area contributed by atoms with Crippen molar-refractivity contribution in [3.05, 3.63) is 72.1 Å². The minimum atomic E-state index is -3.55. The van der Waals surface area contributed by atoms with Crippen LogP contribution in [0.5, 0.6) is 5.75 Å². The average Bonchev–Trinajstić information content (AvgIpc) is 2.84. The van der Waals surface area contributed by atoms with Crippen molar-refractivity contribution in [3.63, 3.8) is 0 Å². The van der Waals surface area contributed by atoms with Crippen molar-refractivity contribution in [2.75, 3.05) is 25.0 Å². The number of hydrogen-bond acceptors (Lipinski definition) is 7. The summed E-state index contributed by atoms with van der Waals surface area (Å²) in [5.74, 6) is 0.779. The van der Waals surface area contributed by atoms with E-state index in [4.69, 9.17) is 0 Å². The molecule has 2 aromatic carbocycles. The van der Waals surface area contributed by atoms with Gasteiger partial charge in [0.1, 0.15) is 5.75 Å². The van der Waals surface area contributed by atoms with Crippen LogP contribution >= 0.6 is 0 Å². The van der Waals surface area contributed by atoms with Gasteiger partial charge >= 0.3 is 0 Å². The van der Waals surface area contributed by atoms with Gasteiger partial charge < -0.3 is 15.5 Å². The zero-order valence-corrected chi connectivity index (χ0v) is 18.8. The summed E-state index contributed by atoms with van der Waals surface area (Å²) in [5, 5.41) is 21.8. The first kappa shape index (κ1) is 22.9.